The molecule has 0 fully saturated rings. The number of rotatable bonds is 9. The Morgan fingerprint density at radius 3 is 2.37 bits per heavy atom. The molecule has 188 valence electrons. The lowest BCUT2D eigenvalue weighted by Gasteiger charge is -2.31. The standard InChI is InChI=1S/C25H30ClN3O5S/c1-16(2)29(17(3)4)25(31)14-28-13-23(19-8-6-7-9-21(19)28)35(32,33)15-24(30)27-20-12-18(26)10-11-22(20)34-5/h6-13,16-17H,14-15H2,1-5H3,(H,27,30). The molecule has 2 aromatic carbocycles. The van der Waals surface area contributed by atoms with E-state index in [-0.39, 0.29) is 35.1 Å². The Labute approximate surface area is 210 Å². The van der Waals surface area contributed by atoms with Crippen LogP contribution in [0.3, 0.4) is 0 Å². The van der Waals surface area contributed by atoms with Crippen LogP contribution in [0.2, 0.25) is 5.02 Å². The number of halogens is 1. The van der Waals surface area contributed by atoms with Crippen LogP contribution < -0.4 is 10.1 Å². The number of carbonyl (C=O) groups excluding carboxylic acids is 2. The highest BCUT2D eigenvalue weighted by Crippen LogP contribution is 2.29. The van der Waals surface area contributed by atoms with Gasteiger partial charge >= 0.3 is 0 Å². The molecule has 8 nitrogen and oxygen atoms in total. The van der Waals surface area contributed by atoms with Gasteiger partial charge in [-0.1, -0.05) is 29.8 Å². The van der Waals surface area contributed by atoms with Crippen LogP contribution >= 0.6 is 11.6 Å². The van der Waals surface area contributed by atoms with Gasteiger partial charge < -0.3 is 19.5 Å². The Morgan fingerprint density at radius 2 is 1.74 bits per heavy atom. The van der Waals surface area contributed by atoms with Gasteiger partial charge in [-0.15, -0.1) is 0 Å². The van der Waals surface area contributed by atoms with Gasteiger partial charge in [0.25, 0.3) is 0 Å². The summed E-state index contributed by atoms with van der Waals surface area (Å²) in [4.78, 5) is 27.5. The maximum absolute atomic E-state index is 13.3. The fourth-order valence-corrected chi connectivity index (χ4v) is 5.75. The lowest BCUT2D eigenvalue weighted by Crippen LogP contribution is -2.43. The molecule has 0 aliphatic rings. The molecule has 10 heteroatoms. The third-order valence-corrected chi connectivity index (χ3v) is 7.42. The first kappa shape index (κ1) is 26.6. The number of ether oxygens (including phenoxy) is 1. The zero-order chi connectivity index (χ0) is 25.9. The summed E-state index contributed by atoms with van der Waals surface area (Å²) in [5, 5.41) is 3.38. The van der Waals surface area contributed by atoms with Crippen molar-refractivity contribution in [1.82, 2.24) is 9.47 Å². The number of anilines is 1. The molecular weight excluding hydrogens is 490 g/mol. The number of para-hydroxylation sites is 1. The summed E-state index contributed by atoms with van der Waals surface area (Å²) in [5.41, 5.74) is 0.875. The van der Waals surface area contributed by atoms with E-state index in [0.717, 1.165) is 0 Å². The SMILES string of the molecule is COc1ccc(Cl)cc1NC(=O)CS(=O)(=O)c1cn(CC(=O)N(C(C)C)C(C)C)c2ccccc12. The zero-order valence-electron chi connectivity index (χ0n) is 20.4. The largest absolute Gasteiger partial charge is 0.495 e. The lowest BCUT2D eigenvalue weighted by molar-refractivity contribution is -0.135. The summed E-state index contributed by atoms with van der Waals surface area (Å²) >= 11 is 6.00. The van der Waals surface area contributed by atoms with Gasteiger partial charge in [-0.3, -0.25) is 9.59 Å². The second-order valence-corrected chi connectivity index (χ2v) is 11.2. The number of nitrogens with one attached hydrogen (secondary N) is 1. The molecule has 1 N–H and O–H groups in total. The van der Waals surface area contributed by atoms with Crippen LogP contribution in [0.5, 0.6) is 5.75 Å². The third kappa shape index (κ3) is 5.97. The summed E-state index contributed by atoms with van der Waals surface area (Å²) < 4.78 is 33.4. The van der Waals surface area contributed by atoms with E-state index in [0.29, 0.717) is 21.7 Å². The Morgan fingerprint density at radius 1 is 1.09 bits per heavy atom. The van der Waals surface area contributed by atoms with Crippen LogP contribution in [0, 0.1) is 0 Å². The van der Waals surface area contributed by atoms with Gasteiger partial charge in [0.15, 0.2) is 9.84 Å². The molecule has 0 aliphatic carbocycles. The highest BCUT2D eigenvalue weighted by molar-refractivity contribution is 7.92. The second-order valence-electron chi connectivity index (χ2n) is 8.78. The molecule has 35 heavy (non-hydrogen) atoms. The molecule has 0 unspecified atom stereocenters. The molecular formula is C25H30ClN3O5S. The van der Waals surface area contributed by atoms with Gasteiger partial charge in [0.05, 0.1) is 17.7 Å². The normalized spacial score (nSPS) is 11.8. The maximum atomic E-state index is 13.3. The van der Waals surface area contributed by atoms with Crippen molar-refractivity contribution in [3.63, 3.8) is 0 Å². The highest BCUT2D eigenvalue weighted by atomic mass is 35.5. The van der Waals surface area contributed by atoms with Crippen LogP contribution in [-0.4, -0.2) is 54.6 Å². The summed E-state index contributed by atoms with van der Waals surface area (Å²) in [6.07, 6.45) is 1.43. The third-order valence-electron chi connectivity index (χ3n) is 5.55. The average molecular weight is 520 g/mol. The van der Waals surface area contributed by atoms with E-state index in [1.54, 1.807) is 45.9 Å². The van der Waals surface area contributed by atoms with E-state index < -0.39 is 21.5 Å². The monoisotopic (exact) mass is 519 g/mol. The number of methoxy groups -OCH3 is 1. The molecule has 1 aromatic heterocycles. The number of carbonyl (C=O) groups is 2. The zero-order valence-corrected chi connectivity index (χ0v) is 22.0. The minimum absolute atomic E-state index is 0.000272. The van der Waals surface area contributed by atoms with Gasteiger partial charge in [-0.25, -0.2) is 8.42 Å². The number of amides is 2. The first-order valence-electron chi connectivity index (χ1n) is 11.2. The smallest absolute Gasteiger partial charge is 0.242 e. The Bertz CT molecular complexity index is 1340. The van der Waals surface area contributed by atoms with Gasteiger partial charge in [0.2, 0.25) is 11.8 Å². The van der Waals surface area contributed by atoms with Gasteiger partial charge in [-0.05, 0) is 52.0 Å². The van der Waals surface area contributed by atoms with E-state index in [1.165, 1.54) is 19.4 Å². The molecule has 2 amide bonds. The minimum atomic E-state index is -4.04. The Kier molecular flexibility index (Phi) is 8.12. The quantitative estimate of drug-likeness (QED) is 0.453. The Balaban J connectivity index is 1.91. The molecule has 0 atom stereocenters. The Hall–Kier alpha value is -3.04. The van der Waals surface area contributed by atoms with E-state index in [9.17, 15) is 18.0 Å². The topological polar surface area (TPSA) is 97.7 Å². The van der Waals surface area contributed by atoms with Crippen LogP contribution in [0.1, 0.15) is 27.7 Å². The van der Waals surface area contributed by atoms with Crippen molar-refractivity contribution in [2.75, 3.05) is 18.2 Å². The number of aromatic nitrogens is 1. The molecule has 0 saturated heterocycles. The molecule has 0 saturated carbocycles. The lowest BCUT2D eigenvalue weighted by atomic mass is 10.2. The van der Waals surface area contributed by atoms with E-state index in [1.807, 2.05) is 27.7 Å². The van der Waals surface area contributed by atoms with Crippen molar-refractivity contribution in [3.05, 3.63) is 53.7 Å². The first-order chi connectivity index (χ1) is 16.4. The summed E-state index contributed by atoms with van der Waals surface area (Å²) in [5.74, 6) is -1.28. The number of nitrogens with zero attached hydrogens (tertiary/aromatic N) is 2. The van der Waals surface area contributed by atoms with Crippen LogP contribution in [0.25, 0.3) is 10.9 Å². The summed E-state index contributed by atoms with van der Waals surface area (Å²) in [6, 6.07) is 11.6. The molecule has 0 bridgehead atoms. The predicted molar refractivity (Wildman–Crippen MR) is 138 cm³/mol. The van der Waals surface area contributed by atoms with Crippen molar-refractivity contribution in [1.29, 1.82) is 0 Å². The average Bonchev–Trinajstić information content (AvgIpc) is 3.12. The van der Waals surface area contributed by atoms with E-state index >= 15 is 0 Å². The predicted octanol–water partition coefficient (Wildman–Crippen LogP) is 4.36. The molecule has 0 radical (unpaired) electrons. The molecule has 0 spiro atoms. The summed E-state index contributed by atoms with van der Waals surface area (Å²) in [6.45, 7) is 7.74. The van der Waals surface area contributed by atoms with Crippen molar-refractivity contribution >= 4 is 49.8 Å². The van der Waals surface area contributed by atoms with Crippen LogP contribution in [-0.2, 0) is 26.0 Å². The molecule has 3 rings (SSSR count). The van der Waals surface area contributed by atoms with Gasteiger partial charge in [0.1, 0.15) is 18.0 Å². The minimum Gasteiger partial charge on any atom is -0.495 e. The number of hydrogen-bond acceptors (Lipinski definition) is 5. The number of sulfone groups is 1. The van der Waals surface area contributed by atoms with E-state index in [2.05, 4.69) is 5.32 Å². The van der Waals surface area contributed by atoms with Crippen LogP contribution in [0.15, 0.2) is 53.6 Å². The molecule has 3 aromatic rings. The first-order valence-corrected chi connectivity index (χ1v) is 13.2. The summed E-state index contributed by atoms with van der Waals surface area (Å²) in [7, 11) is -2.60. The van der Waals surface area contributed by atoms with Gasteiger partial charge in [0, 0.05) is 34.2 Å². The van der Waals surface area contributed by atoms with Crippen molar-refractivity contribution in [3.8, 4) is 5.75 Å². The van der Waals surface area contributed by atoms with Gasteiger partial charge in [-0.2, -0.15) is 0 Å². The highest BCUT2D eigenvalue weighted by Gasteiger charge is 2.27. The van der Waals surface area contributed by atoms with Crippen molar-refractivity contribution < 1.29 is 22.7 Å². The van der Waals surface area contributed by atoms with E-state index in [4.69, 9.17) is 16.3 Å². The maximum Gasteiger partial charge on any atom is 0.242 e. The number of fused-ring (bicyclic) bond motifs is 1. The molecule has 1 heterocycles. The van der Waals surface area contributed by atoms with Crippen molar-refractivity contribution in [2.45, 2.75) is 51.2 Å². The van der Waals surface area contributed by atoms with Crippen LogP contribution in [0.4, 0.5) is 5.69 Å². The second kappa shape index (κ2) is 10.7. The fraction of sp³-hybridized carbons (Fsp3) is 0.360. The number of hydrogen-bond donors (Lipinski definition) is 1. The number of benzene rings is 2. The fourth-order valence-electron chi connectivity index (χ4n) is 4.21. The molecule has 0 aliphatic heterocycles. The van der Waals surface area contributed by atoms with Crippen molar-refractivity contribution in [2.24, 2.45) is 0 Å².